The van der Waals surface area contributed by atoms with Gasteiger partial charge in [-0.1, -0.05) is 20.3 Å². The molecule has 1 heterocycles. The molecule has 3 nitrogen and oxygen atoms in total. The Morgan fingerprint density at radius 3 is 2.29 bits per heavy atom. The highest BCUT2D eigenvalue weighted by molar-refractivity contribution is 4.84. The third-order valence-corrected chi connectivity index (χ3v) is 4.63. The Balaban J connectivity index is 1.75. The fourth-order valence-electron chi connectivity index (χ4n) is 2.96. The second-order valence-corrected chi connectivity index (χ2v) is 5.97. The van der Waals surface area contributed by atoms with Crippen molar-refractivity contribution in [3.63, 3.8) is 0 Å². The van der Waals surface area contributed by atoms with E-state index < -0.39 is 0 Å². The fourth-order valence-corrected chi connectivity index (χ4v) is 2.96. The molecule has 0 spiro atoms. The summed E-state index contributed by atoms with van der Waals surface area (Å²) < 4.78 is 0. The molecule has 2 fully saturated rings. The lowest BCUT2D eigenvalue weighted by Gasteiger charge is -2.41. The van der Waals surface area contributed by atoms with Gasteiger partial charge in [-0.3, -0.25) is 4.90 Å². The molecule has 0 radical (unpaired) electrons. The van der Waals surface area contributed by atoms with Gasteiger partial charge in [0.2, 0.25) is 0 Å². The lowest BCUT2D eigenvalue weighted by atomic mass is 9.97. The van der Waals surface area contributed by atoms with E-state index in [1.54, 1.807) is 0 Å². The predicted molar refractivity (Wildman–Crippen MR) is 73.0 cm³/mol. The largest absolute Gasteiger partial charge is 0.329 e. The lowest BCUT2D eigenvalue weighted by Crippen LogP contribution is -2.54. The van der Waals surface area contributed by atoms with Gasteiger partial charge in [-0.25, -0.2) is 0 Å². The van der Waals surface area contributed by atoms with E-state index in [2.05, 4.69) is 23.6 Å². The lowest BCUT2D eigenvalue weighted by molar-refractivity contribution is 0.0731. The van der Waals surface area contributed by atoms with Crippen LogP contribution in [0.25, 0.3) is 0 Å². The fraction of sp³-hybridized carbons (Fsp3) is 1.00. The van der Waals surface area contributed by atoms with Crippen molar-refractivity contribution in [3.05, 3.63) is 0 Å². The molecule has 2 rings (SSSR count). The van der Waals surface area contributed by atoms with E-state index in [4.69, 9.17) is 5.73 Å². The first kappa shape index (κ1) is 13.3. The Labute approximate surface area is 106 Å². The van der Waals surface area contributed by atoms with Crippen LogP contribution >= 0.6 is 0 Å². The number of nitrogens with two attached hydrogens (primary N) is 1. The normalized spacial score (nSPS) is 27.0. The van der Waals surface area contributed by atoms with Crippen molar-refractivity contribution in [1.29, 1.82) is 0 Å². The van der Waals surface area contributed by atoms with Gasteiger partial charge in [0.1, 0.15) is 0 Å². The van der Waals surface area contributed by atoms with Gasteiger partial charge >= 0.3 is 0 Å². The number of nitrogens with zero attached hydrogens (tertiary/aromatic N) is 2. The maximum atomic E-state index is 5.95. The minimum atomic E-state index is 0.600. The molecule has 0 aromatic rings. The molecule has 0 amide bonds. The zero-order valence-electron chi connectivity index (χ0n) is 11.6. The van der Waals surface area contributed by atoms with Gasteiger partial charge in [0.05, 0.1) is 0 Å². The van der Waals surface area contributed by atoms with Crippen molar-refractivity contribution >= 4 is 0 Å². The van der Waals surface area contributed by atoms with Crippen LogP contribution in [-0.4, -0.2) is 55.1 Å². The number of piperazine rings is 1. The van der Waals surface area contributed by atoms with Crippen molar-refractivity contribution < 1.29 is 0 Å². The molecule has 2 N–H and O–H groups in total. The molecule has 2 atom stereocenters. The molecule has 2 aliphatic rings. The van der Waals surface area contributed by atoms with E-state index in [1.807, 2.05) is 0 Å². The molecule has 1 saturated heterocycles. The summed E-state index contributed by atoms with van der Waals surface area (Å²) in [6, 6.07) is 0.600. The molecule has 0 aromatic heterocycles. The summed E-state index contributed by atoms with van der Waals surface area (Å²) in [6.45, 7) is 11.7. The van der Waals surface area contributed by atoms with Gasteiger partial charge in [0.25, 0.3) is 0 Å². The highest BCUT2D eigenvalue weighted by atomic mass is 15.3. The number of hydrogen-bond donors (Lipinski definition) is 1. The second kappa shape index (κ2) is 6.17. The first-order valence-electron chi connectivity index (χ1n) is 7.41. The van der Waals surface area contributed by atoms with Crippen LogP contribution in [0.4, 0.5) is 0 Å². The third kappa shape index (κ3) is 3.67. The minimum absolute atomic E-state index is 0.600. The summed E-state index contributed by atoms with van der Waals surface area (Å²) in [6.07, 6.45) is 4.18. The van der Waals surface area contributed by atoms with E-state index in [0.717, 1.165) is 18.4 Å². The molecule has 1 saturated carbocycles. The van der Waals surface area contributed by atoms with Gasteiger partial charge in [-0.05, 0) is 24.7 Å². The zero-order chi connectivity index (χ0) is 12.3. The second-order valence-electron chi connectivity index (χ2n) is 5.97. The topological polar surface area (TPSA) is 32.5 Å². The van der Waals surface area contributed by atoms with E-state index in [9.17, 15) is 0 Å². The van der Waals surface area contributed by atoms with Crippen LogP contribution in [0.2, 0.25) is 0 Å². The third-order valence-electron chi connectivity index (χ3n) is 4.63. The van der Waals surface area contributed by atoms with Crippen LogP contribution in [0, 0.1) is 11.8 Å². The van der Waals surface area contributed by atoms with Gasteiger partial charge < -0.3 is 10.6 Å². The summed E-state index contributed by atoms with van der Waals surface area (Å²) in [5.41, 5.74) is 5.95. The van der Waals surface area contributed by atoms with E-state index in [0.29, 0.717) is 6.04 Å². The van der Waals surface area contributed by atoms with Crippen molar-refractivity contribution in [1.82, 2.24) is 9.80 Å². The molecule has 0 aromatic carbocycles. The van der Waals surface area contributed by atoms with Gasteiger partial charge in [0.15, 0.2) is 0 Å². The standard InChI is InChI=1S/C14H29N3/c1-3-12(2)14(10-15)17-8-6-16(7-9-17)11-13-4-5-13/h12-14H,3-11,15H2,1-2H3. The van der Waals surface area contributed by atoms with Crippen molar-refractivity contribution in [2.24, 2.45) is 17.6 Å². The van der Waals surface area contributed by atoms with E-state index in [1.165, 1.54) is 52.0 Å². The van der Waals surface area contributed by atoms with Gasteiger partial charge in [0, 0.05) is 45.3 Å². The molecule has 1 aliphatic heterocycles. The molecule has 17 heavy (non-hydrogen) atoms. The van der Waals surface area contributed by atoms with Gasteiger partial charge in [-0.2, -0.15) is 0 Å². The maximum absolute atomic E-state index is 5.95. The van der Waals surface area contributed by atoms with Crippen LogP contribution in [0.5, 0.6) is 0 Å². The zero-order valence-corrected chi connectivity index (χ0v) is 11.6. The van der Waals surface area contributed by atoms with Gasteiger partial charge in [-0.15, -0.1) is 0 Å². The summed E-state index contributed by atoms with van der Waals surface area (Å²) >= 11 is 0. The first-order valence-corrected chi connectivity index (χ1v) is 7.41. The summed E-state index contributed by atoms with van der Waals surface area (Å²) in [5, 5.41) is 0. The molecular weight excluding hydrogens is 210 g/mol. The predicted octanol–water partition coefficient (Wildman–Crippen LogP) is 1.39. The van der Waals surface area contributed by atoms with Crippen LogP contribution in [0.1, 0.15) is 33.1 Å². The molecule has 1 aliphatic carbocycles. The Kier molecular flexibility index (Phi) is 4.83. The van der Waals surface area contributed by atoms with Crippen molar-refractivity contribution in [2.45, 2.75) is 39.2 Å². The molecule has 0 bridgehead atoms. The summed E-state index contributed by atoms with van der Waals surface area (Å²) in [4.78, 5) is 5.27. The van der Waals surface area contributed by atoms with Crippen molar-refractivity contribution in [2.75, 3.05) is 39.3 Å². The average Bonchev–Trinajstić information content (AvgIpc) is 3.16. The van der Waals surface area contributed by atoms with Crippen LogP contribution < -0.4 is 5.73 Å². The Morgan fingerprint density at radius 2 is 1.82 bits per heavy atom. The van der Waals surface area contributed by atoms with Crippen molar-refractivity contribution in [3.8, 4) is 0 Å². The summed E-state index contributed by atoms with van der Waals surface area (Å²) in [5.74, 6) is 1.76. The number of rotatable bonds is 6. The summed E-state index contributed by atoms with van der Waals surface area (Å²) in [7, 11) is 0. The monoisotopic (exact) mass is 239 g/mol. The SMILES string of the molecule is CCC(C)C(CN)N1CCN(CC2CC2)CC1. The van der Waals surface area contributed by atoms with Crippen LogP contribution in [-0.2, 0) is 0 Å². The Bertz CT molecular complexity index is 220. The molecular formula is C14H29N3. The Morgan fingerprint density at radius 1 is 1.18 bits per heavy atom. The number of hydrogen-bond acceptors (Lipinski definition) is 3. The van der Waals surface area contributed by atoms with E-state index >= 15 is 0 Å². The molecule has 3 heteroatoms. The van der Waals surface area contributed by atoms with Crippen LogP contribution in [0.15, 0.2) is 0 Å². The highest BCUT2D eigenvalue weighted by Crippen LogP contribution is 2.30. The van der Waals surface area contributed by atoms with Crippen LogP contribution in [0.3, 0.4) is 0 Å². The average molecular weight is 239 g/mol. The minimum Gasteiger partial charge on any atom is -0.329 e. The molecule has 2 unspecified atom stereocenters. The smallest absolute Gasteiger partial charge is 0.0244 e. The highest BCUT2D eigenvalue weighted by Gasteiger charge is 2.29. The quantitative estimate of drug-likeness (QED) is 0.760. The maximum Gasteiger partial charge on any atom is 0.0244 e. The van der Waals surface area contributed by atoms with E-state index in [-0.39, 0.29) is 0 Å². The first-order chi connectivity index (χ1) is 8.24. The Hall–Kier alpha value is -0.120. The molecule has 100 valence electrons.